The molecule has 1 atom stereocenters. The van der Waals surface area contributed by atoms with Crippen LogP contribution in [0.3, 0.4) is 0 Å². The lowest BCUT2D eigenvalue weighted by Crippen LogP contribution is -2.24. The van der Waals surface area contributed by atoms with Crippen molar-refractivity contribution in [2.24, 2.45) is 0 Å². The highest BCUT2D eigenvalue weighted by molar-refractivity contribution is 5.64. The summed E-state index contributed by atoms with van der Waals surface area (Å²) in [4.78, 5) is 13.1. The average molecular weight is 274 g/mol. The highest BCUT2D eigenvalue weighted by Gasteiger charge is 2.29. The van der Waals surface area contributed by atoms with E-state index in [0.29, 0.717) is 12.6 Å². The molecule has 0 saturated carbocycles. The lowest BCUT2D eigenvalue weighted by Gasteiger charge is -2.24. The first kappa shape index (κ1) is 13.4. The quantitative estimate of drug-likeness (QED) is 0.887. The molecule has 1 aliphatic carbocycles. The van der Waals surface area contributed by atoms with E-state index in [1.165, 1.54) is 49.0 Å². The summed E-state index contributed by atoms with van der Waals surface area (Å²) in [7, 11) is 0. The second kappa shape index (κ2) is 5.83. The van der Waals surface area contributed by atoms with E-state index in [9.17, 15) is 4.79 Å². The number of benzene rings is 1. The molecule has 20 heavy (non-hydrogen) atoms. The highest BCUT2D eigenvalue weighted by Crippen LogP contribution is 2.37. The zero-order valence-electron chi connectivity index (χ0n) is 11.8. The number of carboxylic acid groups (broad SMARTS) is 1. The molecule has 1 aliphatic heterocycles. The minimum atomic E-state index is -0.944. The van der Waals surface area contributed by atoms with E-state index in [0.717, 1.165) is 12.8 Å². The topological polar surface area (TPSA) is 52.6 Å². The number of nitrogens with one attached hydrogen (secondary N) is 1. The maximum atomic E-state index is 10.5. The molecule has 1 aromatic rings. The molecule has 2 aliphatic rings. The van der Waals surface area contributed by atoms with Gasteiger partial charge in [-0.3, -0.25) is 4.90 Å². The van der Waals surface area contributed by atoms with Gasteiger partial charge < -0.3 is 10.4 Å². The van der Waals surface area contributed by atoms with E-state index in [4.69, 9.17) is 5.11 Å². The van der Waals surface area contributed by atoms with Gasteiger partial charge in [0.15, 0.2) is 0 Å². The number of likely N-dealkylation sites (tertiary alicyclic amines) is 1. The summed E-state index contributed by atoms with van der Waals surface area (Å²) in [5, 5.41) is 11.0. The maximum absolute atomic E-state index is 10.5. The molecule has 108 valence electrons. The van der Waals surface area contributed by atoms with Gasteiger partial charge in [-0.1, -0.05) is 18.2 Å². The lowest BCUT2D eigenvalue weighted by atomic mass is 10.0. The van der Waals surface area contributed by atoms with Crippen LogP contribution in [0.1, 0.15) is 42.0 Å². The molecular weight excluding hydrogens is 252 g/mol. The maximum Gasteiger partial charge on any atom is 0.404 e. The van der Waals surface area contributed by atoms with Crippen LogP contribution in [-0.4, -0.2) is 35.7 Å². The molecule has 1 unspecified atom stereocenters. The van der Waals surface area contributed by atoms with Gasteiger partial charge in [-0.25, -0.2) is 4.79 Å². The zero-order valence-corrected chi connectivity index (χ0v) is 11.8. The molecule has 4 nitrogen and oxygen atoms in total. The van der Waals surface area contributed by atoms with Crippen LogP contribution in [0.4, 0.5) is 4.79 Å². The molecule has 4 heteroatoms. The third-order valence-electron chi connectivity index (χ3n) is 4.52. The van der Waals surface area contributed by atoms with Crippen molar-refractivity contribution in [2.75, 3.05) is 19.6 Å². The first-order chi connectivity index (χ1) is 9.74. The van der Waals surface area contributed by atoms with Crippen molar-refractivity contribution in [1.82, 2.24) is 10.2 Å². The Morgan fingerprint density at radius 2 is 2.15 bits per heavy atom. The van der Waals surface area contributed by atoms with Gasteiger partial charge in [-0.05, 0) is 61.9 Å². The summed E-state index contributed by atoms with van der Waals surface area (Å²) in [5.41, 5.74) is 4.20. The standard InChI is InChI=1S/C16H22N2O2/c19-16(20)17-8-7-12-3-5-14-13(11-12)4-6-15(14)18-9-1-2-10-18/h3,5,11,15,17H,1-2,4,6-10H2,(H,19,20). The average Bonchev–Trinajstić information content (AvgIpc) is 3.06. The number of hydrogen-bond donors (Lipinski definition) is 2. The summed E-state index contributed by atoms with van der Waals surface area (Å²) < 4.78 is 0. The number of amides is 1. The first-order valence-corrected chi connectivity index (χ1v) is 7.56. The molecule has 1 saturated heterocycles. The minimum Gasteiger partial charge on any atom is -0.465 e. The molecule has 2 N–H and O–H groups in total. The first-order valence-electron chi connectivity index (χ1n) is 7.56. The summed E-state index contributed by atoms with van der Waals surface area (Å²) in [6.07, 6.45) is 4.91. The second-order valence-electron chi connectivity index (χ2n) is 5.81. The number of aryl methyl sites for hydroxylation is 1. The Kier molecular flexibility index (Phi) is 3.92. The van der Waals surface area contributed by atoms with E-state index in [1.54, 1.807) is 0 Å². The van der Waals surface area contributed by atoms with Gasteiger partial charge in [0.2, 0.25) is 0 Å². The normalized spacial score (nSPS) is 21.9. The smallest absolute Gasteiger partial charge is 0.404 e. The summed E-state index contributed by atoms with van der Waals surface area (Å²) in [6, 6.07) is 7.33. The third kappa shape index (κ3) is 2.80. The second-order valence-corrected chi connectivity index (χ2v) is 5.81. The molecule has 0 bridgehead atoms. The summed E-state index contributed by atoms with van der Waals surface area (Å²) in [5.74, 6) is 0. The van der Waals surface area contributed by atoms with Crippen LogP contribution in [0.25, 0.3) is 0 Å². The van der Waals surface area contributed by atoms with Crippen molar-refractivity contribution in [3.63, 3.8) is 0 Å². The molecular formula is C16H22N2O2. The van der Waals surface area contributed by atoms with Gasteiger partial charge in [0.25, 0.3) is 0 Å². The van der Waals surface area contributed by atoms with E-state index < -0.39 is 6.09 Å². The minimum absolute atomic E-state index is 0.490. The van der Waals surface area contributed by atoms with Crippen LogP contribution < -0.4 is 5.32 Å². The Balaban J connectivity index is 1.66. The Hall–Kier alpha value is -1.55. The summed E-state index contributed by atoms with van der Waals surface area (Å²) in [6.45, 7) is 2.98. The van der Waals surface area contributed by atoms with Crippen molar-refractivity contribution in [3.8, 4) is 0 Å². The number of rotatable bonds is 4. The molecule has 0 spiro atoms. The van der Waals surface area contributed by atoms with Crippen molar-refractivity contribution in [1.29, 1.82) is 0 Å². The Morgan fingerprint density at radius 1 is 1.35 bits per heavy atom. The lowest BCUT2D eigenvalue weighted by molar-refractivity contribution is 0.194. The number of fused-ring (bicyclic) bond motifs is 1. The number of nitrogens with zero attached hydrogens (tertiary/aromatic N) is 1. The number of carbonyl (C=O) groups is 1. The van der Waals surface area contributed by atoms with Gasteiger partial charge in [-0.2, -0.15) is 0 Å². The van der Waals surface area contributed by atoms with Crippen LogP contribution >= 0.6 is 0 Å². The molecule has 3 rings (SSSR count). The van der Waals surface area contributed by atoms with E-state index in [1.807, 2.05) is 0 Å². The van der Waals surface area contributed by atoms with Crippen molar-refractivity contribution >= 4 is 6.09 Å². The molecule has 1 fully saturated rings. The summed E-state index contributed by atoms with van der Waals surface area (Å²) >= 11 is 0. The van der Waals surface area contributed by atoms with Gasteiger partial charge in [0.1, 0.15) is 0 Å². The van der Waals surface area contributed by atoms with Crippen molar-refractivity contribution < 1.29 is 9.90 Å². The van der Waals surface area contributed by atoms with Gasteiger partial charge in [-0.15, -0.1) is 0 Å². The van der Waals surface area contributed by atoms with E-state index >= 15 is 0 Å². The van der Waals surface area contributed by atoms with Crippen molar-refractivity contribution in [3.05, 3.63) is 34.9 Å². The van der Waals surface area contributed by atoms with Crippen LogP contribution in [0, 0.1) is 0 Å². The fourth-order valence-electron chi connectivity index (χ4n) is 3.55. The SMILES string of the molecule is O=C(O)NCCc1ccc2c(c1)CCC2N1CCCC1. The van der Waals surface area contributed by atoms with Crippen LogP contribution in [0.5, 0.6) is 0 Å². The predicted molar refractivity (Wildman–Crippen MR) is 78.0 cm³/mol. The molecule has 1 heterocycles. The third-order valence-corrected chi connectivity index (χ3v) is 4.52. The van der Waals surface area contributed by atoms with E-state index in [2.05, 4.69) is 28.4 Å². The van der Waals surface area contributed by atoms with Gasteiger partial charge in [0, 0.05) is 12.6 Å². The van der Waals surface area contributed by atoms with Crippen LogP contribution in [0.15, 0.2) is 18.2 Å². The van der Waals surface area contributed by atoms with E-state index in [-0.39, 0.29) is 0 Å². The predicted octanol–water partition coefficient (Wildman–Crippen LogP) is 2.58. The fourth-order valence-corrected chi connectivity index (χ4v) is 3.55. The van der Waals surface area contributed by atoms with Gasteiger partial charge >= 0.3 is 6.09 Å². The fraction of sp³-hybridized carbons (Fsp3) is 0.562. The molecule has 0 radical (unpaired) electrons. The van der Waals surface area contributed by atoms with Crippen LogP contribution in [-0.2, 0) is 12.8 Å². The molecule has 1 aromatic carbocycles. The highest BCUT2D eigenvalue weighted by atomic mass is 16.4. The monoisotopic (exact) mass is 274 g/mol. The Labute approximate surface area is 119 Å². The zero-order chi connectivity index (χ0) is 13.9. The molecule has 0 aromatic heterocycles. The Morgan fingerprint density at radius 3 is 2.90 bits per heavy atom. The van der Waals surface area contributed by atoms with Gasteiger partial charge in [0.05, 0.1) is 0 Å². The Bertz CT molecular complexity index is 495. The molecule has 1 amide bonds. The number of hydrogen-bond acceptors (Lipinski definition) is 2. The van der Waals surface area contributed by atoms with Crippen LogP contribution in [0.2, 0.25) is 0 Å². The van der Waals surface area contributed by atoms with Crippen molar-refractivity contribution in [2.45, 2.75) is 38.1 Å². The largest absolute Gasteiger partial charge is 0.465 e.